The van der Waals surface area contributed by atoms with E-state index in [1.165, 1.54) is 11.3 Å². The van der Waals surface area contributed by atoms with Crippen molar-refractivity contribution in [2.45, 2.75) is 38.0 Å². The van der Waals surface area contributed by atoms with E-state index in [0.717, 1.165) is 17.7 Å². The van der Waals surface area contributed by atoms with Crippen LogP contribution < -0.4 is 15.2 Å². The van der Waals surface area contributed by atoms with Gasteiger partial charge in [-0.25, -0.2) is 0 Å². The quantitative estimate of drug-likeness (QED) is 0.297. The normalized spacial score (nSPS) is 13.8. The van der Waals surface area contributed by atoms with Gasteiger partial charge in [0, 0.05) is 24.0 Å². The predicted molar refractivity (Wildman–Crippen MR) is 138 cm³/mol. The zero-order valence-electron chi connectivity index (χ0n) is 20.0. The lowest BCUT2D eigenvalue weighted by atomic mass is 10.1. The highest BCUT2D eigenvalue weighted by Crippen LogP contribution is 2.20. The average molecular weight is 499 g/mol. The van der Waals surface area contributed by atoms with E-state index in [2.05, 4.69) is 11.8 Å². The number of ether oxygens (including phenoxy) is 2. The SMILES string of the molecule is C[C@@H](CCc1ccc(C(N)=O)s1)N(C[C@H](O)COc1ccccc1)C[C@H](O)COc1ccccc1. The molecule has 188 valence electrons. The number of carbonyl (C=O) groups is 1. The number of aliphatic hydroxyl groups excluding tert-OH is 2. The molecule has 0 aliphatic heterocycles. The predicted octanol–water partition coefficient (Wildman–Crippen LogP) is 3.35. The van der Waals surface area contributed by atoms with Gasteiger partial charge in [-0.15, -0.1) is 11.3 Å². The van der Waals surface area contributed by atoms with Crippen LogP contribution in [-0.2, 0) is 6.42 Å². The van der Waals surface area contributed by atoms with Crippen LogP contribution in [0.1, 0.15) is 27.9 Å². The fourth-order valence-electron chi connectivity index (χ4n) is 3.68. The minimum atomic E-state index is -0.733. The highest BCUT2D eigenvalue weighted by Gasteiger charge is 2.22. The number of amides is 1. The van der Waals surface area contributed by atoms with Gasteiger partial charge in [0.15, 0.2) is 0 Å². The molecule has 0 fully saturated rings. The monoisotopic (exact) mass is 498 g/mol. The van der Waals surface area contributed by atoms with Crippen LogP contribution in [0.5, 0.6) is 11.5 Å². The van der Waals surface area contributed by atoms with Gasteiger partial charge in [0.1, 0.15) is 36.9 Å². The number of primary amides is 1. The Hall–Kier alpha value is -2.91. The summed E-state index contributed by atoms with van der Waals surface area (Å²) in [4.78, 5) is 15.1. The summed E-state index contributed by atoms with van der Waals surface area (Å²) < 4.78 is 11.4. The van der Waals surface area contributed by atoms with Crippen molar-refractivity contribution >= 4 is 17.2 Å². The van der Waals surface area contributed by atoms with E-state index in [-0.39, 0.29) is 19.3 Å². The van der Waals surface area contributed by atoms with E-state index >= 15 is 0 Å². The zero-order chi connectivity index (χ0) is 25.0. The van der Waals surface area contributed by atoms with Crippen LogP contribution in [-0.4, -0.2) is 65.6 Å². The van der Waals surface area contributed by atoms with Gasteiger partial charge in [-0.2, -0.15) is 0 Å². The van der Waals surface area contributed by atoms with Gasteiger partial charge in [0.05, 0.1) is 4.88 Å². The Balaban J connectivity index is 1.56. The van der Waals surface area contributed by atoms with Gasteiger partial charge in [-0.3, -0.25) is 9.69 Å². The van der Waals surface area contributed by atoms with Crippen LogP contribution in [0.25, 0.3) is 0 Å². The van der Waals surface area contributed by atoms with E-state index in [1.807, 2.05) is 66.7 Å². The number of para-hydroxylation sites is 2. The first-order chi connectivity index (χ1) is 16.9. The van der Waals surface area contributed by atoms with Crippen molar-refractivity contribution in [1.82, 2.24) is 4.90 Å². The summed E-state index contributed by atoms with van der Waals surface area (Å²) in [6.07, 6.45) is 0.0891. The molecule has 8 heteroatoms. The molecular weight excluding hydrogens is 464 g/mol. The van der Waals surface area contributed by atoms with Crippen molar-refractivity contribution in [3.8, 4) is 11.5 Å². The van der Waals surface area contributed by atoms with Crippen LogP contribution in [0.15, 0.2) is 72.8 Å². The number of nitrogens with zero attached hydrogens (tertiary/aromatic N) is 1. The van der Waals surface area contributed by atoms with E-state index < -0.39 is 18.1 Å². The van der Waals surface area contributed by atoms with Gasteiger partial charge in [-0.1, -0.05) is 36.4 Å². The molecule has 7 nitrogen and oxygen atoms in total. The van der Waals surface area contributed by atoms with Gasteiger partial charge in [-0.05, 0) is 56.2 Å². The van der Waals surface area contributed by atoms with E-state index in [0.29, 0.717) is 29.5 Å². The first kappa shape index (κ1) is 26.7. The molecule has 3 aromatic rings. The Labute approximate surface area is 210 Å². The molecule has 1 heterocycles. The molecule has 3 atom stereocenters. The molecule has 0 saturated heterocycles. The number of aliphatic hydroxyl groups is 2. The second-order valence-electron chi connectivity index (χ2n) is 8.53. The summed E-state index contributed by atoms with van der Waals surface area (Å²) in [6, 6.07) is 22.5. The summed E-state index contributed by atoms with van der Waals surface area (Å²) in [6.45, 7) is 3.05. The number of benzene rings is 2. The number of hydrogen-bond donors (Lipinski definition) is 3. The van der Waals surface area contributed by atoms with E-state index in [1.54, 1.807) is 6.07 Å². The molecule has 1 amide bonds. The Morgan fingerprint density at radius 2 is 1.40 bits per heavy atom. The molecule has 0 bridgehead atoms. The summed E-state index contributed by atoms with van der Waals surface area (Å²) in [7, 11) is 0. The highest BCUT2D eigenvalue weighted by atomic mass is 32.1. The molecule has 1 aromatic heterocycles. The fourth-order valence-corrected chi connectivity index (χ4v) is 4.55. The summed E-state index contributed by atoms with van der Waals surface area (Å²) in [5.74, 6) is 0.981. The van der Waals surface area contributed by atoms with Crippen molar-refractivity contribution in [2.75, 3.05) is 26.3 Å². The number of nitrogens with two attached hydrogens (primary N) is 1. The lowest BCUT2D eigenvalue weighted by molar-refractivity contribution is 0.0154. The number of thiophene rings is 1. The van der Waals surface area contributed by atoms with E-state index in [4.69, 9.17) is 15.2 Å². The smallest absolute Gasteiger partial charge is 0.258 e. The standard InChI is InChI=1S/C27H34N2O5S/c1-20(12-13-25-14-15-26(35-25)27(28)32)29(16-21(30)18-33-23-8-4-2-5-9-23)17-22(31)19-34-24-10-6-3-7-11-24/h2-11,14-15,20-22,30-31H,12-13,16-19H2,1H3,(H2,28,32)/t20-,21-,22-/m0/s1. The van der Waals surface area contributed by atoms with Crippen molar-refractivity contribution in [2.24, 2.45) is 5.73 Å². The molecule has 35 heavy (non-hydrogen) atoms. The van der Waals surface area contributed by atoms with Crippen molar-refractivity contribution < 1.29 is 24.5 Å². The molecule has 0 aliphatic rings. The fraction of sp³-hybridized carbons (Fsp3) is 0.370. The lowest BCUT2D eigenvalue weighted by Gasteiger charge is -2.32. The maximum Gasteiger partial charge on any atom is 0.258 e. The number of hydrogen-bond acceptors (Lipinski definition) is 7. The van der Waals surface area contributed by atoms with Gasteiger partial charge in [0.2, 0.25) is 0 Å². The van der Waals surface area contributed by atoms with Gasteiger partial charge < -0.3 is 25.4 Å². The molecule has 0 radical (unpaired) electrons. The van der Waals surface area contributed by atoms with Gasteiger partial charge in [0.25, 0.3) is 5.91 Å². The second kappa shape index (κ2) is 13.8. The average Bonchev–Trinajstić information content (AvgIpc) is 3.35. The Morgan fingerprint density at radius 3 is 1.86 bits per heavy atom. The third kappa shape index (κ3) is 9.33. The third-order valence-electron chi connectivity index (χ3n) is 5.60. The number of aryl methyl sites for hydroxylation is 1. The Bertz CT molecular complexity index is 963. The molecule has 0 aliphatic carbocycles. The molecular formula is C27H34N2O5S. The van der Waals surface area contributed by atoms with Crippen LogP contribution in [0, 0.1) is 0 Å². The maximum absolute atomic E-state index is 11.4. The largest absolute Gasteiger partial charge is 0.491 e. The molecule has 0 spiro atoms. The van der Waals surface area contributed by atoms with Crippen molar-refractivity contribution in [1.29, 1.82) is 0 Å². The maximum atomic E-state index is 11.4. The van der Waals surface area contributed by atoms with Crippen LogP contribution in [0.2, 0.25) is 0 Å². The van der Waals surface area contributed by atoms with Crippen LogP contribution in [0.3, 0.4) is 0 Å². The minimum Gasteiger partial charge on any atom is -0.491 e. The number of carbonyl (C=O) groups excluding carboxylic acids is 1. The zero-order valence-corrected chi connectivity index (χ0v) is 20.8. The summed E-state index contributed by atoms with van der Waals surface area (Å²) in [5.41, 5.74) is 5.37. The topological polar surface area (TPSA) is 105 Å². The first-order valence-corrected chi connectivity index (χ1v) is 12.6. The number of rotatable bonds is 15. The summed E-state index contributed by atoms with van der Waals surface area (Å²) >= 11 is 1.40. The lowest BCUT2D eigenvalue weighted by Crippen LogP contribution is -2.46. The molecule has 3 rings (SSSR count). The second-order valence-corrected chi connectivity index (χ2v) is 9.70. The highest BCUT2D eigenvalue weighted by molar-refractivity contribution is 7.14. The van der Waals surface area contributed by atoms with Gasteiger partial charge >= 0.3 is 0 Å². The van der Waals surface area contributed by atoms with E-state index in [9.17, 15) is 15.0 Å². The van der Waals surface area contributed by atoms with Crippen LogP contribution >= 0.6 is 11.3 Å². The molecule has 0 unspecified atom stereocenters. The Morgan fingerprint density at radius 1 is 0.886 bits per heavy atom. The first-order valence-electron chi connectivity index (χ1n) is 11.7. The third-order valence-corrected chi connectivity index (χ3v) is 6.76. The molecule has 4 N–H and O–H groups in total. The van der Waals surface area contributed by atoms with Crippen LogP contribution in [0.4, 0.5) is 0 Å². The molecule has 0 saturated carbocycles. The minimum absolute atomic E-state index is 0.0619. The molecule has 2 aromatic carbocycles. The Kier molecular flexibility index (Phi) is 10.6. The summed E-state index contributed by atoms with van der Waals surface area (Å²) in [5, 5.41) is 21.3. The van der Waals surface area contributed by atoms with Crippen molar-refractivity contribution in [3.63, 3.8) is 0 Å². The van der Waals surface area contributed by atoms with Crippen molar-refractivity contribution in [3.05, 3.63) is 82.6 Å².